The maximum atomic E-state index is 14.0. The number of aryl methyl sites for hydroxylation is 2. The molecule has 5 nitrogen and oxygen atoms in total. The van der Waals surface area contributed by atoms with Crippen LogP contribution in [0.1, 0.15) is 22.0 Å². The number of hydrogen-bond acceptors (Lipinski definition) is 4. The molecule has 1 unspecified atom stereocenters. The Balaban J connectivity index is 0.00000261. The molecule has 2 aromatic rings. The van der Waals surface area contributed by atoms with E-state index in [4.69, 9.17) is 0 Å². The molecule has 2 N–H and O–H groups in total. The van der Waals surface area contributed by atoms with Gasteiger partial charge in [0.2, 0.25) is 0 Å². The molecule has 2 heterocycles. The number of anilines is 1. The highest BCUT2D eigenvalue weighted by Gasteiger charge is 2.25. The predicted octanol–water partition coefficient (Wildman–Crippen LogP) is 3.60. The molecule has 3 rings (SSSR count). The van der Waals surface area contributed by atoms with Crippen LogP contribution in [0.25, 0.3) is 0 Å². The molecule has 0 bridgehead atoms. The number of nitrogens with zero attached hydrogens (tertiary/aromatic N) is 3. The molecule has 0 radical (unpaired) electrons. The summed E-state index contributed by atoms with van der Waals surface area (Å²) in [5, 5.41) is 7.65. The summed E-state index contributed by atoms with van der Waals surface area (Å²) in [4.78, 5) is 11.9. The average Bonchev–Trinajstić information content (AvgIpc) is 3.18. The zero-order valence-corrected chi connectivity index (χ0v) is 18.7. The Kier molecular flexibility index (Phi) is 7.78. The first kappa shape index (κ1) is 21.8. The van der Waals surface area contributed by atoms with Crippen molar-refractivity contribution >= 4 is 47.0 Å². The van der Waals surface area contributed by atoms with Crippen molar-refractivity contribution < 1.29 is 8.78 Å². The Morgan fingerprint density at radius 2 is 2.15 bits per heavy atom. The van der Waals surface area contributed by atoms with Crippen molar-refractivity contribution in [2.24, 2.45) is 4.99 Å². The van der Waals surface area contributed by atoms with Crippen LogP contribution in [0.3, 0.4) is 0 Å². The Hall–Kier alpha value is -1.49. The van der Waals surface area contributed by atoms with Crippen molar-refractivity contribution in [3.63, 3.8) is 0 Å². The fourth-order valence-electron chi connectivity index (χ4n) is 3.00. The molecule has 1 aliphatic heterocycles. The van der Waals surface area contributed by atoms with Crippen LogP contribution in [0.2, 0.25) is 0 Å². The molecule has 1 atom stereocenters. The first-order valence-electron chi connectivity index (χ1n) is 8.56. The fraction of sp³-hybridized carbons (Fsp3) is 0.444. The number of aromatic nitrogens is 1. The van der Waals surface area contributed by atoms with Crippen LogP contribution in [0.15, 0.2) is 23.2 Å². The first-order valence-corrected chi connectivity index (χ1v) is 9.38. The summed E-state index contributed by atoms with van der Waals surface area (Å²) >= 11 is 1.67. The molecule has 1 saturated heterocycles. The topological polar surface area (TPSA) is 52.6 Å². The molecule has 1 fully saturated rings. The lowest BCUT2D eigenvalue weighted by Gasteiger charge is -2.20. The van der Waals surface area contributed by atoms with E-state index < -0.39 is 11.6 Å². The van der Waals surface area contributed by atoms with E-state index in [1.165, 1.54) is 17.0 Å². The molecule has 1 aromatic heterocycles. The van der Waals surface area contributed by atoms with Gasteiger partial charge in [0.1, 0.15) is 16.6 Å². The van der Waals surface area contributed by atoms with Crippen LogP contribution in [0.5, 0.6) is 0 Å². The fourth-order valence-corrected chi connectivity index (χ4v) is 3.87. The third kappa shape index (κ3) is 5.50. The Labute approximate surface area is 179 Å². The normalized spacial score (nSPS) is 17.0. The Morgan fingerprint density at radius 1 is 1.37 bits per heavy atom. The smallest absolute Gasteiger partial charge is 0.191 e. The molecule has 1 aliphatic rings. The largest absolute Gasteiger partial charge is 0.367 e. The highest BCUT2D eigenvalue weighted by atomic mass is 127. The molecule has 1 aromatic carbocycles. The summed E-state index contributed by atoms with van der Waals surface area (Å²) in [6.07, 6.45) is 0.854. The van der Waals surface area contributed by atoms with Crippen molar-refractivity contribution in [1.82, 2.24) is 15.6 Å². The number of hydrogen-bond donors (Lipinski definition) is 2. The molecule has 0 spiro atoms. The number of rotatable bonds is 4. The van der Waals surface area contributed by atoms with Crippen molar-refractivity contribution in [2.45, 2.75) is 32.9 Å². The van der Waals surface area contributed by atoms with Crippen molar-refractivity contribution in [1.29, 1.82) is 0 Å². The minimum Gasteiger partial charge on any atom is -0.367 e. The number of nitrogens with one attached hydrogen (secondary N) is 2. The lowest BCUT2D eigenvalue weighted by atomic mass is 10.2. The molecule has 9 heteroatoms. The molecule has 0 amide bonds. The quantitative estimate of drug-likeness (QED) is 0.378. The third-order valence-electron chi connectivity index (χ3n) is 4.48. The van der Waals surface area contributed by atoms with Gasteiger partial charge in [-0.05, 0) is 32.4 Å². The van der Waals surface area contributed by atoms with Gasteiger partial charge in [0, 0.05) is 37.1 Å². The van der Waals surface area contributed by atoms with Gasteiger partial charge in [-0.2, -0.15) is 0 Å². The minimum absolute atomic E-state index is 0. The number of aliphatic imine (C=N–C) groups is 1. The monoisotopic (exact) mass is 507 g/mol. The lowest BCUT2D eigenvalue weighted by molar-refractivity contribution is 0.580. The van der Waals surface area contributed by atoms with Gasteiger partial charge in [-0.1, -0.05) is 0 Å². The van der Waals surface area contributed by atoms with Gasteiger partial charge in [0.15, 0.2) is 5.96 Å². The maximum absolute atomic E-state index is 14.0. The Bertz CT molecular complexity index is 792. The summed E-state index contributed by atoms with van der Waals surface area (Å²) < 4.78 is 27.0. The van der Waals surface area contributed by atoms with Crippen LogP contribution in [-0.2, 0) is 6.54 Å². The average molecular weight is 507 g/mol. The van der Waals surface area contributed by atoms with Crippen LogP contribution in [0.4, 0.5) is 14.5 Å². The van der Waals surface area contributed by atoms with E-state index in [2.05, 4.69) is 27.5 Å². The third-order valence-corrected chi connectivity index (χ3v) is 5.56. The standard InChI is InChI=1S/C18H23F2N5S.HI/c1-11-12(2)26-17(23-11)9-22-18(21-3)24-14-6-7-25(10-14)16-5-4-13(19)8-15(16)20;/h4-5,8,14H,6-7,9-10H2,1-3H3,(H2,21,22,24);1H. The summed E-state index contributed by atoms with van der Waals surface area (Å²) in [5.41, 5.74) is 1.50. The highest BCUT2D eigenvalue weighted by molar-refractivity contribution is 14.0. The van der Waals surface area contributed by atoms with Gasteiger partial charge in [0.25, 0.3) is 0 Å². The Morgan fingerprint density at radius 3 is 2.78 bits per heavy atom. The van der Waals surface area contributed by atoms with Gasteiger partial charge in [-0.3, -0.25) is 4.99 Å². The number of guanidine groups is 1. The maximum Gasteiger partial charge on any atom is 0.191 e. The van der Waals surface area contributed by atoms with E-state index in [0.717, 1.165) is 23.2 Å². The SMILES string of the molecule is CN=C(NCc1nc(C)c(C)s1)NC1CCN(c2ccc(F)cc2F)C1.I. The highest BCUT2D eigenvalue weighted by Crippen LogP contribution is 2.24. The molecule has 27 heavy (non-hydrogen) atoms. The summed E-state index contributed by atoms with van der Waals surface area (Å²) in [6.45, 7) is 6.03. The second-order valence-corrected chi connectivity index (χ2v) is 7.63. The van der Waals surface area contributed by atoms with Crippen LogP contribution < -0.4 is 15.5 Å². The zero-order valence-electron chi connectivity index (χ0n) is 15.6. The molecular formula is C18H24F2IN5S. The van der Waals surface area contributed by atoms with Gasteiger partial charge in [-0.15, -0.1) is 35.3 Å². The second kappa shape index (κ2) is 9.63. The second-order valence-electron chi connectivity index (χ2n) is 6.35. The zero-order chi connectivity index (χ0) is 18.7. The molecule has 0 aliphatic carbocycles. The van der Waals surface area contributed by atoms with Crippen molar-refractivity contribution in [3.05, 3.63) is 45.4 Å². The van der Waals surface area contributed by atoms with E-state index in [0.29, 0.717) is 31.3 Å². The van der Waals surface area contributed by atoms with Gasteiger partial charge in [0.05, 0.1) is 17.9 Å². The minimum atomic E-state index is -0.558. The molecule has 148 valence electrons. The van der Waals surface area contributed by atoms with E-state index >= 15 is 0 Å². The summed E-state index contributed by atoms with van der Waals surface area (Å²) in [5.74, 6) is -0.387. The van der Waals surface area contributed by atoms with Crippen molar-refractivity contribution in [2.75, 3.05) is 25.0 Å². The van der Waals surface area contributed by atoms with Gasteiger partial charge in [-0.25, -0.2) is 13.8 Å². The molecular weight excluding hydrogens is 483 g/mol. The number of benzene rings is 1. The summed E-state index contributed by atoms with van der Waals surface area (Å²) in [6, 6.07) is 3.85. The number of thiazole rings is 1. The van der Waals surface area contributed by atoms with E-state index in [1.807, 2.05) is 11.8 Å². The van der Waals surface area contributed by atoms with E-state index in [1.54, 1.807) is 18.4 Å². The van der Waals surface area contributed by atoms with Gasteiger partial charge >= 0.3 is 0 Å². The van der Waals surface area contributed by atoms with E-state index in [9.17, 15) is 8.78 Å². The van der Waals surface area contributed by atoms with Crippen LogP contribution >= 0.6 is 35.3 Å². The number of halogens is 3. The first-order chi connectivity index (χ1) is 12.5. The van der Waals surface area contributed by atoms with Crippen molar-refractivity contribution in [3.8, 4) is 0 Å². The van der Waals surface area contributed by atoms with Gasteiger partial charge < -0.3 is 15.5 Å². The van der Waals surface area contributed by atoms with E-state index in [-0.39, 0.29) is 30.0 Å². The summed E-state index contributed by atoms with van der Waals surface area (Å²) in [7, 11) is 1.72. The van der Waals surface area contributed by atoms with Crippen LogP contribution in [-0.4, -0.2) is 37.1 Å². The molecule has 0 saturated carbocycles. The lowest BCUT2D eigenvalue weighted by Crippen LogP contribution is -2.44. The predicted molar refractivity (Wildman–Crippen MR) is 117 cm³/mol. The van der Waals surface area contributed by atoms with Crippen LogP contribution in [0, 0.1) is 25.5 Å².